The van der Waals surface area contributed by atoms with Crippen molar-refractivity contribution in [1.82, 2.24) is 0 Å². The molecule has 0 saturated heterocycles. The van der Waals surface area contributed by atoms with E-state index in [0.717, 1.165) is 6.07 Å². The van der Waals surface area contributed by atoms with Crippen LogP contribution in [0.5, 0.6) is 11.5 Å². The molecule has 2 nitrogen and oxygen atoms in total. The van der Waals surface area contributed by atoms with Crippen LogP contribution in [-0.4, -0.2) is 12.2 Å². The zero-order valence-electron chi connectivity index (χ0n) is 5.39. The van der Waals surface area contributed by atoms with Gasteiger partial charge >= 0.3 is 0 Å². The second kappa shape index (κ2) is 2.56. The molecule has 1 rings (SSSR count). The molecule has 1 aromatic carbocycles. The number of hydrogen-bond acceptors (Lipinski definition) is 2. The molecule has 1 radical (unpaired) electrons. The van der Waals surface area contributed by atoms with E-state index in [9.17, 15) is 4.39 Å². The van der Waals surface area contributed by atoms with Crippen molar-refractivity contribution in [2.75, 3.05) is 7.11 Å². The third-order valence-electron chi connectivity index (χ3n) is 1.06. The normalized spacial score (nSPS) is 9.40. The van der Waals surface area contributed by atoms with E-state index in [1.807, 2.05) is 0 Å². The third-order valence-corrected chi connectivity index (χ3v) is 1.06. The average molecular weight is 141 g/mol. The second-order valence-electron chi connectivity index (χ2n) is 1.74. The summed E-state index contributed by atoms with van der Waals surface area (Å²) in [5, 5.41) is 8.79. The lowest BCUT2D eigenvalue weighted by atomic mass is 10.3. The van der Waals surface area contributed by atoms with Gasteiger partial charge in [-0.1, -0.05) is 0 Å². The molecule has 10 heavy (non-hydrogen) atoms. The lowest BCUT2D eigenvalue weighted by Crippen LogP contribution is -1.86. The first kappa shape index (κ1) is 6.86. The Kier molecular flexibility index (Phi) is 1.76. The number of methoxy groups -OCH3 is 1. The second-order valence-corrected chi connectivity index (χ2v) is 1.74. The molecule has 0 spiro atoms. The van der Waals surface area contributed by atoms with E-state index in [4.69, 9.17) is 5.11 Å². The fraction of sp³-hybridized carbons (Fsp3) is 0.143. The van der Waals surface area contributed by atoms with E-state index in [2.05, 4.69) is 10.8 Å². The predicted octanol–water partition coefficient (Wildman–Crippen LogP) is 1.34. The zero-order valence-corrected chi connectivity index (χ0v) is 5.39. The Morgan fingerprint density at radius 3 is 2.90 bits per heavy atom. The van der Waals surface area contributed by atoms with Crippen molar-refractivity contribution in [2.45, 2.75) is 0 Å². The summed E-state index contributed by atoms with van der Waals surface area (Å²) in [4.78, 5) is 0. The molecule has 0 amide bonds. The molecule has 3 heteroatoms. The Bertz CT molecular complexity index is 235. The Morgan fingerprint density at radius 1 is 1.70 bits per heavy atom. The van der Waals surface area contributed by atoms with Crippen LogP contribution in [0.25, 0.3) is 0 Å². The van der Waals surface area contributed by atoms with Crippen LogP contribution >= 0.6 is 0 Å². The molecule has 0 atom stereocenters. The standard InChI is InChI=1S/C7H6FO2/c1-10-7-4-5(9)2-3-6(7)8/h2,4,9H,1H3. The van der Waals surface area contributed by atoms with E-state index in [1.54, 1.807) is 0 Å². The highest BCUT2D eigenvalue weighted by molar-refractivity contribution is 5.32. The maximum absolute atomic E-state index is 12.5. The van der Waals surface area contributed by atoms with Crippen LogP contribution < -0.4 is 4.74 Å². The molecule has 0 aliphatic heterocycles. The van der Waals surface area contributed by atoms with Crippen LogP contribution in [0.1, 0.15) is 0 Å². The van der Waals surface area contributed by atoms with Crippen molar-refractivity contribution >= 4 is 0 Å². The fourth-order valence-electron chi connectivity index (χ4n) is 0.596. The molecule has 0 saturated carbocycles. The Balaban J connectivity index is 3.09. The molecule has 0 aliphatic rings. The van der Waals surface area contributed by atoms with Crippen molar-refractivity contribution < 1.29 is 14.2 Å². The number of ether oxygens (including phenoxy) is 1. The van der Waals surface area contributed by atoms with Gasteiger partial charge in [0.25, 0.3) is 0 Å². The molecule has 0 aromatic heterocycles. The smallest absolute Gasteiger partial charge is 0.173 e. The third kappa shape index (κ3) is 1.18. The summed E-state index contributed by atoms with van der Waals surface area (Å²) in [6, 6.07) is 4.50. The van der Waals surface area contributed by atoms with E-state index < -0.39 is 5.82 Å². The summed E-state index contributed by atoms with van der Waals surface area (Å²) in [5.74, 6) is -0.654. The average Bonchev–Trinajstić information content (AvgIpc) is 1.94. The molecular formula is C7H6FO2. The SMILES string of the molecule is COc1cc(O)c[c]c1F. The highest BCUT2D eigenvalue weighted by Gasteiger charge is 2.01. The van der Waals surface area contributed by atoms with Gasteiger partial charge in [0.15, 0.2) is 11.6 Å². The van der Waals surface area contributed by atoms with Crippen LogP contribution in [0.2, 0.25) is 0 Å². The van der Waals surface area contributed by atoms with Crippen molar-refractivity contribution in [3.8, 4) is 11.5 Å². The minimum Gasteiger partial charge on any atom is -0.508 e. The number of rotatable bonds is 1. The summed E-state index contributed by atoms with van der Waals surface area (Å²) in [5.41, 5.74) is 0. The Hall–Kier alpha value is -1.25. The molecule has 0 fully saturated rings. The van der Waals surface area contributed by atoms with Gasteiger partial charge in [0.2, 0.25) is 0 Å². The van der Waals surface area contributed by atoms with Gasteiger partial charge in [0, 0.05) is 12.1 Å². The molecule has 0 unspecified atom stereocenters. The number of benzene rings is 1. The Labute approximate surface area is 57.9 Å². The van der Waals surface area contributed by atoms with Crippen LogP contribution in [0.15, 0.2) is 12.1 Å². The summed E-state index contributed by atoms with van der Waals surface area (Å²) >= 11 is 0. The molecule has 1 aromatic rings. The van der Waals surface area contributed by atoms with Gasteiger partial charge in [-0.3, -0.25) is 0 Å². The summed E-state index contributed by atoms with van der Waals surface area (Å²) in [7, 11) is 1.33. The monoisotopic (exact) mass is 141 g/mol. The van der Waals surface area contributed by atoms with Crippen LogP contribution in [-0.2, 0) is 0 Å². The van der Waals surface area contributed by atoms with Gasteiger partial charge in [-0.25, -0.2) is 4.39 Å². The lowest BCUT2D eigenvalue weighted by Gasteiger charge is -1.99. The topological polar surface area (TPSA) is 29.5 Å². The molecule has 53 valence electrons. The largest absolute Gasteiger partial charge is 0.508 e. The van der Waals surface area contributed by atoms with Gasteiger partial charge < -0.3 is 9.84 Å². The lowest BCUT2D eigenvalue weighted by molar-refractivity contribution is 0.380. The highest BCUT2D eigenvalue weighted by atomic mass is 19.1. The van der Waals surface area contributed by atoms with E-state index in [-0.39, 0.29) is 11.5 Å². The molecule has 1 N–H and O–H groups in total. The van der Waals surface area contributed by atoms with Crippen molar-refractivity contribution in [1.29, 1.82) is 0 Å². The van der Waals surface area contributed by atoms with Gasteiger partial charge in [-0.05, 0) is 6.07 Å². The fourth-order valence-corrected chi connectivity index (χ4v) is 0.596. The minimum atomic E-state index is -0.597. The van der Waals surface area contributed by atoms with Gasteiger partial charge in [-0.15, -0.1) is 0 Å². The molecule has 0 aliphatic carbocycles. The maximum Gasteiger partial charge on any atom is 0.173 e. The molecular weight excluding hydrogens is 135 g/mol. The number of aromatic hydroxyl groups is 1. The van der Waals surface area contributed by atoms with Gasteiger partial charge in [0.05, 0.1) is 7.11 Å². The summed E-state index contributed by atoms with van der Waals surface area (Å²) < 4.78 is 17.0. The number of hydrogen-bond donors (Lipinski definition) is 1. The summed E-state index contributed by atoms with van der Waals surface area (Å²) in [6.07, 6.45) is 0. The first-order valence-corrected chi connectivity index (χ1v) is 2.68. The van der Waals surface area contributed by atoms with E-state index in [1.165, 1.54) is 13.2 Å². The van der Waals surface area contributed by atoms with Crippen LogP contribution in [0.4, 0.5) is 4.39 Å². The maximum atomic E-state index is 12.5. The van der Waals surface area contributed by atoms with Gasteiger partial charge in [-0.2, -0.15) is 0 Å². The van der Waals surface area contributed by atoms with Crippen molar-refractivity contribution in [3.63, 3.8) is 0 Å². The number of halogens is 1. The quantitative estimate of drug-likeness (QED) is 0.639. The van der Waals surface area contributed by atoms with Crippen LogP contribution in [0.3, 0.4) is 0 Å². The van der Waals surface area contributed by atoms with Crippen LogP contribution in [0, 0.1) is 11.9 Å². The molecule has 0 heterocycles. The van der Waals surface area contributed by atoms with Crippen molar-refractivity contribution in [3.05, 3.63) is 24.0 Å². The summed E-state index contributed by atoms with van der Waals surface area (Å²) in [6.45, 7) is 0. The first-order valence-electron chi connectivity index (χ1n) is 2.68. The number of phenols is 1. The minimum absolute atomic E-state index is 0.000000000000000222. The predicted molar refractivity (Wildman–Crippen MR) is 33.5 cm³/mol. The van der Waals surface area contributed by atoms with Crippen molar-refractivity contribution in [2.24, 2.45) is 0 Å². The highest BCUT2D eigenvalue weighted by Crippen LogP contribution is 2.20. The zero-order chi connectivity index (χ0) is 7.56. The number of phenolic OH excluding ortho intramolecular Hbond substituents is 1. The first-order chi connectivity index (χ1) is 4.74. The molecule has 0 bridgehead atoms. The Morgan fingerprint density at radius 2 is 2.40 bits per heavy atom. The van der Waals surface area contributed by atoms with E-state index in [0.29, 0.717) is 0 Å². The van der Waals surface area contributed by atoms with Gasteiger partial charge in [0.1, 0.15) is 5.75 Å². The van der Waals surface area contributed by atoms with E-state index >= 15 is 0 Å².